The molecule has 8 heteroatoms. The number of aromatic nitrogens is 4. The van der Waals surface area contributed by atoms with E-state index in [1.54, 1.807) is 20.0 Å². The van der Waals surface area contributed by atoms with Crippen LogP contribution in [-0.4, -0.2) is 25.1 Å². The number of benzene rings is 1. The summed E-state index contributed by atoms with van der Waals surface area (Å²) in [5.74, 6) is -0.452. The van der Waals surface area contributed by atoms with Gasteiger partial charge < -0.3 is 9.88 Å². The molecule has 1 atom stereocenters. The maximum absolute atomic E-state index is 13.2. The summed E-state index contributed by atoms with van der Waals surface area (Å²) < 4.78 is 2.85. The van der Waals surface area contributed by atoms with Crippen molar-refractivity contribution in [1.29, 1.82) is 0 Å². The Bertz CT molecular complexity index is 1430. The van der Waals surface area contributed by atoms with Gasteiger partial charge in [0.1, 0.15) is 5.56 Å². The number of nitrogens with zero attached hydrogens (tertiary/aromatic N) is 3. The van der Waals surface area contributed by atoms with Crippen molar-refractivity contribution in [3.63, 3.8) is 0 Å². The molecule has 0 aliphatic carbocycles. The van der Waals surface area contributed by atoms with Crippen LogP contribution in [0.15, 0.2) is 58.1 Å². The van der Waals surface area contributed by atoms with Gasteiger partial charge in [0.05, 0.1) is 11.7 Å². The monoisotopic (exact) mass is 431 g/mol. The Morgan fingerprint density at radius 1 is 1.09 bits per heavy atom. The fourth-order valence-corrected chi connectivity index (χ4v) is 3.90. The summed E-state index contributed by atoms with van der Waals surface area (Å²) in [4.78, 5) is 43.0. The van der Waals surface area contributed by atoms with E-state index < -0.39 is 11.9 Å². The van der Waals surface area contributed by atoms with Gasteiger partial charge in [0.25, 0.3) is 17.0 Å². The number of aryl methyl sites for hydroxylation is 3. The third-order valence-electron chi connectivity index (χ3n) is 5.65. The third kappa shape index (κ3) is 3.99. The quantitative estimate of drug-likeness (QED) is 0.507. The van der Waals surface area contributed by atoms with Gasteiger partial charge in [-0.15, -0.1) is 0 Å². The van der Waals surface area contributed by atoms with E-state index in [1.165, 1.54) is 15.1 Å². The SMILES string of the molecule is Cc1cc2nc(C[C@H](NC(=O)c3c(C)cc(C)n(C)c3=O)c3ccccc3)cc(=O)n2[nH]1. The number of hydrogen-bond acceptors (Lipinski definition) is 4. The molecule has 1 aromatic carbocycles. The molecule has 164 valence electrons. The Morgan fingerprint density at radius 2 is 1.81 bits per heavy atom. The van der Waals surface area contributed by atoms with Crippen LogP contribution < -0.4 is 16.4 Å². The van der Waals surface area contributed by atoms with Crippen molar-refractivity contribution in [2.45, 2.75) is 33.2 Å². The highest BCUT2D eigenvalue weighted by Crippen LogP contribution is 2.19. The smallest absolute Gasteiger partial charge is 0.272 e. The molecule has 32 heavy (non-hydrogen) atoms. The van der Waals surface area contributed by atoms with Gasteiger partial charge in [0, 0.05) is 37.0 Å². The first-order chi connectivity index (χ1) is 15.2. The molecule has 2 N–H and O–H groups in total. The number of hydrogen-bond donors (Lipinski definition) is 2. The number of pyridine rings is 1. The number of carbonyl (C=O) groups excluding carboxylic acids is 1. The van der Waals surface area contributed by atoms with Crippen molar-refractivity contribution >= 4 is 11.6 Å². The van der Waals surface area contributed by atoms with Gasteiger partial charge in [-0.25, -0.2) is 9.50 Å². The third-order valence-corrected chi connectivity index (χ3v) is 5.65. The second-order valence-corrected chi connectivity index (χ2v) is 8.07. The van der Waals surface area contributed by atoms with Gasteiger partial charge in [-0.05, 0) is 38.0 Å². The maximum Gasteiger partial charge on any atom is 0.272 e. The Kier molecular flexibility index (Phi) is 5.52. The molecule has 0 spiro atoms. The molecule has 0 bridgehead atoms. The molecule has 0 radical (unpaired) electrons. The Balaban J connectivity index is 1.72. The van der Waals surface area contributed by atoms with E-state index >= 15 is 0 Å². The number of nitrogens with one attached hydrogen (secondary N) is 2. The predicted octanol–water partition coefficient (Wildman–Crippen LogP) is 2.36. The van der Waals surface area contributed by atoms with Crippen molar-refractivity contribution < 1.29 is 4.79 Å². The zero-order valence-electron chi connectivity index (χ0n) is 18.5. The Morgan fingerprint density at radius 3 is 2.53 bits per heavy atom. The summed E-state index contributed by atoms with van der Waals surface area (Å²) in [6.45, 7) is 5.43. The molecule has 0 saturated heterocycles. The molecular formula is C24H25N5O3. The van der Waals surface area contributed by atoms with E-state index in [0.29, 0.717) is 23.3 Å². The van der Waals surface area contributed by atoms with Crippen molar-refractivity contribution in [3.8, 4) is 0 Å². The molecular weight excluding hydrogens is 406 g/mol. The lowest BCUT2D eigenvalue weighted by Crippen LogP contribution is -2.37. The molecule has 4 rings (SSSR count). The molecule has 1 amide bonds. The van der Waals surface area contributed by atoms with Crippen LogP contribution in [0.2, 0.25) is 0 Å². The van der Waals surface area contributed by atoms with Crippen molar-refractivity contribution in [2.75, 3.05) is 0 Å². The van der Waals surface area contributed by atoms with Gasteiger partial charge in [0.15, 0.2) is 5.65 Å². The first-order valence-electron chi connectivity index (χ1n) is 10.4. The summed E-state index contributed by atoms with van der Waals surface area (Å²) in [7, 11) is 1.65. The molecule has 8 nitrogen and oxygen atoms in total. The van der Waals surface area contributed by atoms with Crippen LogP contribution in [0.3, 0.4) is 0 Å². The van der Waals surface area contributed by atoms with Gasteiger partial charge in [-0.1, -0.05) is 30.3 Å². The number of amides is 1. The maximum atomic E-state index is 13.2. The number of aromatic amines is 1. The summed E-state index contributed by atoms with van der Waals surface area (Å²) >= 11 is 0. The van der Waals surface area contributed by atoms with Crippen LogP contribution in [0.4, 0.5) is 0 Å². The average molecular weight is 431 g/mol. The minimum absolute atomic E-state index is 0.115. The molecule has 0 aliphatic heterocycles. The summed E-state index contributed by atoms with van der Waals surface area (Å²) in [6, 6.07) is 14.1. The number of fused-ring (bicyclic) bond motifs is 1. The fourth-order valence-electron chi connectivity index (χ4n) is 3.90. The minimum atomic E-state index is -0.469. The highest BCUT2D eigenvalue weighted by atomic mass is 16.2. The molecule has 0 aliphatic rings. The van der Waals surface area contributed by atoms with Crippen LogP contribution in [0.1, 0.15) is 44.6 Å². The zero-order valence-corrected chi connectivity index (χ0v) is 18.5. The second-order valence-electron chi connectivity index (χ2n) is 8.07. The van der Waals surface area contributed by atoms with E-state index in [-0.39, 0.29) is 16.7 Å². The molecule has 4 aromatic rings. The summed E-state index contributed by atoms with van der Waals surface area (Å²) in [5, 5.41) is 5.94. The molecule has 3 aromatic heterocycles. The largest absolute Gasteiger partial charge is 0.345 e. The molecule has 0 fully saturated rings. The van der Waals surface area contributed by atoms with Crippen molar-refractivity contribution in [1.82, 2.24) is 24.5 Å². The van der Waals surface area contributed by atoms with E-state index in [9.17, 15) is 14.4 Å². The topological polar surface area (TPSA) is 101 Å². The highest BCUT2D eigenvalue weighted by Gasteiger charge is 2.22. The van der Waals surface area contributed by atoms with E-state index in [1.807, 2.05) is 50.2 Å². The van der Waals surface area contributed by atoms with E-state index in [2.05, 4.69) is 15.4 Å². The van der Waals surface area contributed by atoms with Crippen molar-refractivity contribution in [3.05, 3.63) is 103 Å². The van der Waals surface area contributed by atoms with Crippen LogP contribution >= 0.6 is 0 Å². The number of H-pyrrole nitrogens is 1. The summed E-state index contributed by atoms with van der Waals surface area (Å²) in [6.07, 6.45) is 0.303. The van der Waals surface area contributed by atoms with Gasteiger partial charge in [0.2, 0.25) is 0 Å². The lowest BCUT2D eigenvalue weighted by atomic mass is 10.0. The highest BCUT2D eigenvalue weighted by molar-refractivity contribution is 5.95. The normalized spacial score (nSPS) is 12.1. The summed E-state index contributed by atoms with van der Waals surface area (Å²) in [5.41, 5.74) is 3.71. The van der Waals surface area contributed by atoms with Crippen molar-refractivity contribution in [2.24, 2.45) is 7.05 Å². The Labute approximate surface area is 184 Å². The molecule has 0 saturated carbocycles. The zero-order chi connectivity index (χ0) is 23.0. The standard InChI is InChI=1S/C24H25N5O3/c1-14-10-16(3)28(4)24(32)22(14)23(31)26-19(17-8-6-5-7-9-17)12-18-13-21(30)29-20(25-18)11-15(2)27-29/h5-11,13,19,27H,12H2,1-4H3,(H,26,31)/t19-/m0/s1. The molecule has 3 heterocycles. The average Bonchev–Trinajstić information content (AvgIpc) is 3.13. The lowest BCUT2D eigenvalue weighted by molar-refractivity contribution is 0.0933. The minimum Gasteiger partial charge on any atom is -0.345 e. The first kappa shape index (κ1) is 21.3. The van der Waals surface area contributed by atoms with Crippen LogP contribution in [-0.2, 0) is 13.5 Å². The molecule has 0 unspecified atom stereocenters. The van der Waals surface area contributed by atoms with Gasteiger partial charge in [-0.3, -0.25) is 19.5 Å². The van der Waals surface area contributed by atoms with E-state index in [4.69, 9.17) is 0 Å². The van der Waals surface area contributed by atoms with Crippen LogP contribution in [0.25, 0.3) is 5.65 Å². The predicted molar refractivity (Wildman–Crippen MR) is 122 cm³/mol. The van der Waals surface area contributed by atoms with Crippen LogP contribution in [0, 0.1) is 20.8 Å². The van der Waals surface area contributed by atoms with E-state index in [0.717, 1.165) is 17.0 Å². The Hall–Kier alpha value is -3.94. The lowest BCUT2D eigenvalue weighted by Gasteiger charge is -2.20. The van der Waals surface area contributed by atoms with Crippen LogP contribution in [0.5, 0.6) is 0 Å². The van der Waals surface area contributed by atoms with Gasteiger partial charge >= 0.3 is 0 Å². The first-order valence-corrected chi connectivity index (χ1v) is 10.4. The number of rotatable bonds is 5. The number of carbonyl (C=O) groups is 1. The van der Waals surface area contributed by atoms with Gasteiger partial charge in [-0.2, -0.15) is 0 Å². The fraction of sp³-hybridized carbons (Fsp3) is 0.250. The second kappa shape index (κ2) is 8.30.